The van der Waals surface area contributed by atoms with E-state index >= 15 is 0 Å². The number of hydrogen-bond acceptors (Lipinski definition) is 3. The van der Waals surface area contributed by atoms with Crippen LogP contribution in [0.5, 0.6) is 0 Å². The van der Waals surface area contributed by atoms with E-state index in [4.69, 9.17) is 0 Å². The fraction of sp³-hybridized carbons (Fsp3) is 0.316. The summed E-state index contributed by atoms with van der Waals surface area (Å²) in [5.74, 6) is 0.168. The molecule has 0 aromatic heterocycles. The number of amides is 1. The molecule has 0 radical (unpaired) electrons. The Morgan fingerprint density at radius 2 is 1.72 bits per heavy atom. The van der Waals surface area contributed by atoms with Crippen LogP contribution in [0.15, 0.2) is 54.6 Å². The Labute approximate surface area is 148 Å². The molecule has 0 aliphatic heterocycles. The van der Waals surface area contributed by atoms with Gasteiger partial charge in [0.25, 0.3) is 0 Å². The molecule has 1 aliphatic rings. The average Bonchev–Trinajstić information content (AvgIpc) is 3.40. The second-order valence-corrected chi connectivity index (χ2v) is 8.22. The van der Waals surface area contributed by atoms with E-state index in [-0.39, 0.29) is 23.6 Å². The molecule has 5 nitrogen and oxygen atoms in total. The second kappa shape index (κ2) is 7.37. The van der Waals surface area contributed by atoms with Crippen molar-refractivity contribution in [1.82, 2.24) is 4.72 Å². The highest BCUT2D eigenvalue weighted by molar-refractivity contribution is 7.88. The summed E-state index contributed by atoms with van der Waals surface area (Å²) in [5, 5.41) is 2.87. The van der Waals surface area contributed by atoms with E-state index in [2.05, 4.69) is 10.0 Å². The summed E-state index contributed by atoms with van der Waals surface area (Å²) >= 11 is 0. The molecule has 1 amide bonds. The maximum Gasteiger partial charge on any atom is 0.227 e. The number of rotatable bonds is 7. The molecule has 0 heterocycles. The van der Waals surface area contributed by atoms with Crippen LogP contribution >= 0.6 is 0 Å². The lowest BCUT2D eigenvalue weighted by molar-refractivity contribution is -0.117. The van der Waals surface area contributed by atoms with Crippen molar-refractivity contribution in [3.05, 3.63) is 65.7 Å². The van der Waals surface area contributed by atoms with Crippen molar-refractivity contribution < 1.29 is 13.2 Å². The van der Waals surface area contributed by atoms with Gasteiger partial charge < -0.3 is 5.32 Å². The topological polar surface area (TPSA) is 75.3 Å². The van der Waals surface area contributed by atoms with E-state index in [0.717, 1.165) is 29.7 Å². The molecule has 1 fully saturated rings. The van der Waals surface area contributed by atoms with E-state index in [9.17, 15) is 13.2 Å². The lowest BCUT2D eigenvalue weighted by Gasteiger charge is -2.15. The summed E-state index contributed by atoms with van der Waals surface area (Å²) < 4.78 is 27.3. The minimum Gasteiger partial charge on any atom is -0.326 e. The van der Waals surface area contributed by atoms with Gasteiger partial charge in [0.1, 0.15) is 0 Å². The normalized spacial score (nSPS) is 15.6. The SMILES string of the molecule is C[C@@H](NS(=O)(=O)Cc1ccccc1)c1ccc(NC(=O)C2CC2)cc1. The van der Waals surface area contributed by atoms with Crippen molar-refractivity contribution >= 4 is 21.6 Å². The number of sulfonamides is 1. The van der Waals surface area contributed by atoms with Gasteiger partial charge in [-0.2, -0.15) is 0 Å². The Bertz CT molecular complexity index is 829. The largest absolute Gasteiger partial charge is 0.326 e. The Morgan fingerprint density at radius 1 is 1.08 bits per heavy atom. The van der Waals surface area contributed by atoms with Gasteiger partial charge in [-0.1, -0.05) is 42.5 Å². The molecule has 2 aromatic carbocycles. The van der Waals surface area contributed by atoms with Gasteiger partial charge in [-0.15, -0.1) is 0 Å². The summed E-state index contributed by atoms with van der Waals surface area (Å²) in [7, 11) is -3.43. The molecule has 132 valence electrons. The van der Waals surface area contributed by atoms with Crippen LogP contribution in [-0.4, -0.2) is 14.3 Å². The fourth-order valence-electron chi connectivity index (χ4n) is 2.62. The third-order valence-corrected chi connectivity index (χ3v) is 5.61. The zero-order valence-electron chi connectivity index (χ0n) is 14.1. The molecule has 0 spiro atoms. The van der Waals surface area contributed by atoms with Gasteiger partial charge in [-0.3, -0.25) is 4.79 Å². The number of carbonyl (C=O) groups is 1. The van der Waals surface area contributed by atoms with Crippen LogP contribution in [0.4, 0.5) is 5.69 Å². The first-order valence-electron chi connectivity index (χ1n) is 8.38. The third-order valence-electron chi connectivity index (χ3n) is 4.18. The van der Waals surface area contributed by atoms with Gasteiger partial charge in [0.05, 0.1) is 5.75 Å². The monoisotopic (exact) mass is 358 g/mol. The molecule has 0 bridgehead atoms. The Kier molecular flexibility index (Phi) is 5.20. The first kappa shape index (κ1) is 17.6. The Hall–Kier alpha value is -2.18. The van der Waals surface area contributed by atoms with Gasteiger partial charge >= 0.3 is 0 Å². The summed E-state index contributed by atoms with van der Waals surface area (Å²) in [4.78, 5) is 11.8. The Balaban J connectivity index is 1.60. The second-order valence-electron chi connectivity index (χ2n) is 6.47. The van der Waals surface area contributed by atoms with Crippen molar-refractivity contribution in [1.29, 1.82) is 0 Å². The minimum atomic E-state index is -3.43. The first-order chi connectivity index (χ1) is 11.9. The predicted octanol–water partition coefficient (Wildman–Crippen LogP) is 3.22. The van der Waals surface area contributed by atoms with Gasteiger partial charge in [-0.25, -0.2) is 13.1 Å². The Morgan fingerprint density at radius 3 is 2.32 bits per heavy atom. The van der Waals surface area contributed by atoms with Crippen molar-refractivity contribution in [2.45, 2.75) is 31.6 Å². The van der Waals surface area contributed by atoms with Crippen LogP contribution < -0.4 is 10.0 Å². The summed E-state index contributed by atoms with van der Waals surface area (Å²) in [5.41, 5.74) is 2.33. The molecule has 2 aromatic rings. The van der Waals surface area contributed by atoms with Crippen molar-refractivity contribution in [2.24, 2.45) is 5.92 Å². The van der Waals surface area contributed by atoms with Crippen LogP contribution in [0.2, 0.25) is 0 Å². The number of hydrogen-bond donors (Lipinski definition) is 2. The van der Waals surface area contributed by atoms with Crippen LogP contribution in [0.1, 0.15) is 36.9 Å². The standard InChI is InChI=1S/C19H22N2O3S/c1-14(21-25(23,24)13-15-5-3-2-4-6-15)16-9-11-18(12-10-16)20-19(22)17-7-8-17/h2-6,9-12,14,17,21H,7-8,13H2,1H3,(H,20,22)/t14-/m1/s1. The molecule has 1 aliphatic carbocycles. The van der Waals surface area contributed by atoms with Crippen molar-refractivity contribution in [3.63, 3.8) is 0 Å². The smallest absolute Gasteiger partial charge is 0.227 e. The molecule has 1 saturated carbocycles. The highest BCUT2D eigenvalue weighted by Crippen LogP contribution is 2.30. The predicted molar refractivity (Wildman–Crippen MR) is 98.4 cm³/mol. The molecule has 25 heavy (non-hydrogen) atoms. The summed E-state index contributed by atoms with van der Waals surface area (Å²) in [6.07, 6.45) is 1.92. The van der Waals surface area contributed by atoms with Gasteiger partial charge in [0.15, 0.2) is 0 Å². The van der Waals surface area contributed by atoms with Gasteiger partial charge in [0.2, 0.25) is 15.9 Å². The number of benzene rings is 2. The zero-order valence-corrected chi connectivity index (χ0v) is 14.9. The van der Waals surface area contributed by atoms with Gasteiger partial charge in [0, 0.05) is 17.6 Å². The minimum absolute atomic E-state index is 0.0479. The van der Waals surface area contributed by atoms with Crippen molar-refractivity contribution in [3.8, 4) is 0 Å². The summed E-state index contributed by atoms with van der Waals surface area (Å²) in [6.45, 7) is 1.81. The summed E-state index contributed by atoms with van der Waals surface area (Å²) in [6, 6.07) is 16.0. The molecule has 6 heteroatoms. The third kappa shape index (κ3) is 5.14. The van der Waals surface area contributed by atoms with E-state index in [1.807, 2.05) is 30.3 Å². The van der Waals surface area contributed by atoms with Crippen LogP contribution in [-0.2, 0) is 20.6 Å². The lowest BCUT2D eigenvalue weighted by atomic mass is 10.1. The zero-order chi connectivity index (χ0) is 17.9. The lowest BCUT2D eigenvalue weighted by Crippen LogP contribution is -2.28. The number of anilines is 1. The van der Waals surface area contributed by atoms with E-state index in [1.54, 1.807) is 31.2 Å². The molecule has 1 atom stereocenters. The number of nitrogens with one attached hydrogen (secondary N) is 2. The quantitative estimate of drug-likeness (QED) is 0.798. The van der Waals surface area contributed by atoms with Crippen molar-refractivity contribution in [2.75, 3.05) is 5.32 Å². The molecule has 2 N–H and O–H groups in total. The van der Waals surface area contributed by atoms with Crippen LogP contribution in [0, 0.1) is 5.92 Å². The van der Waals surface area contributed by atoms with Gasteiger partial charge in [-0.05, 0) is 43.0 Å². The van der Waals surface area contributed by atoms with E-state index in [0.29, 0.717) is 0 Å². The molecular weight excluding hydrogens is 336 g/mol. The molecule has 0 unspecified atom stereocenters. The fourth-order valence-corrected chi connectivity index (χ4v) is 4.01. The first-order valence-corrected chi connectivity index (χ1v) is 10.0. The van der Waals surface area contributed by atoms with Crippen LogP contribution in [0.25, 0.3) is 0 Å². The molecule has 0 saturated heterocycles. The number of carbonyl (C=O) groups excluding carboxylic acids is 1. The molecular formula is C19H22N2O3S. The van der Waals surface area contributed by atoms with E-state index in [1.165, 1.54) is 0 Å². The maximum atomic E-state index is 12.3. The highest BCUT2D eigenvalue weighted by Gasteiger charge is 2.29. The highest BCUT2D eigenvalue weighted by atomic mass is 32.2. The van der Waals surface area contributed by atoms with Crippen LogP contribution in [0.3, 0.4) is 0 Å². The maximum absolute atomic E-state index is 12.3. The average molecular weight is 358 g/mol. The molecule has 3 rings (SSSR count). The van der Waals surface area contributed by atoms with E-state index < -0.39 is 10.0 Å².